The van der Waals surface area contributed by atoms with E-state index in [0.717, 1.165) is 22.7 Å². The number of hydrogen-bond donors (Lipinski definition) is 1. The van der Waals surface area contributed by atoms with Gasteiger partial charge in [0.05, 0.1) is 11.8 Å². The molecule has 0 bridgehead atoms. The number of aromatic nitrogens is 3. The Morgan fingerprint density at radius 2 is 2.00 bits per heavy atom. The molecule has 3 aromatic rings. The van der Waals surface area contributed by atoms with E-state index in [1.807, 2.05) is 13.8 Å². The predicted molar refractivity (Wildman–Crippen MR) is 79.1 cm³/mol. The van der Waals surface area contributed by atoms with Gasteiger partial charge in [-0.1, -0.05) is 12.1 Å². The van der Waals surface area contributed by atoms with Gasteiger partial charge >= 0.3 is 5.97 Å². The molecular weight excluding hydrogens is 282 g/mol. The van der Waals surface area contributed by atoms with Crippen LogP contribution in [0.3, 0.4) is 0 Å². The minimum absolute atomic E-state index is 0.197. The van der Waals surface area contributed by atoms with E-state index in [1.54, 1.807) is 36.6 Å². The first-order valence-electron chi connectivity index (χ1n) is 6.83. The van der Waals surface area contributed by atoms with Crippen molar-refractivity contribution in [2.24, 2.45) is 0 Å². The van der Waals surface area contributed by atoms with Gasteiger partial charge in [0, 0.05) is 11.1 Å². The minimum atomic E-state index is -0.377. The van der Waals surface area contributed by atoms with Gasteiger partial charge in [-0.2, -0.15) is 5.10 Å². The SMILES string of the molecule is Cc1nc(-c2ccc(C(=O)OCc3ccoc3C)cc2)n[nH]1. The van der Waals surface area contributed by atoms with Gasteiger partial charge in [-0.15, -0.1) is 0 Å². The van der Waals surface area contributed by atoms with Crippen molar-refractivity contribution in [3.8, 4) is 11.4 Å². The molecule has 0 atom stereocenters. The summed E-state index contributed by atoms with van der Waals surface area (Å²) in [5.41, 5.74) is 2.19. The molecule has 2 aromatic heterocycles. The highest BCUT2D eigenvalue weighted by molar-refractivity contribution is 5.89. The van der Waals surface area contributed by atoms with Gasteiger partial charge in [-0.25, -0.2) is 9.78 Å². The van der Waals surface area contributed by atoms with E-state index in [-0.39, 0.29) is 12.6 Å². The Kier molecular flexibility index (Phi) is 3.74. The molecule has 0 spiro atoms. The van der Waals surface area contributed by atoms with Crippen molar-refractivity contribution < 1.29 is 13.9 Å². The van der Waals surface area contributed by atoms with Crippen LogP contribution in [-0.2, 0) is 11.3 Å². The number of hydrogen-bond acceptors (Lipinski definition) is 5. The number of carbonyl (C=O) groups excluding carboxylic acids is 1. The molecule has 0 aliphatic heterocycles. The molecule has 0 fully saturated rings. The Morgan fingerprint density at radius 3 is 2.59 bits per heavy atom. The molecule has 0 radical (unpaired) electrons. The fraction of sp³-hybridized carbons (Fsp3) is 0.188. The summed E-state index contributed by atoms with van der Waals surface area (Å²) in [5.74, 6) is 1.72. The number of ether oxygens (including phenoxy) is 1. The first-order chi connectivity index (χ1) is 10.6. The molecular formula is C16H15N3O3. The van der Waals surface area contributed by atoms with Crippen molar-refractivity contribution >= 4 is 5.97 Å². The lowest BCUT2D eigenvalue weighted by molar-refractivity contribution is 0.0471. The third-order valence-electron chi connectivity index (χ3n) is 3.30. The van der Waals surface area contributed by atoms with E-state index in [2.05, 4.69) is 15.2 Å². The number of furan rings is 1. The van der Waals surface area contributed by atoms with Crippen LogP contribution in [0.1, 0.15) is 27.5 Å². The number of H-pyrrole nitrogens is 1. The Balaban J connectivity index is 1.67. The number of carbonyl (C=O) groups is 1. The van der Waals surface area contributed by atoms with Crippen molar-refractivity contribution in [1.29, 1.82) is 0 Å². The zero-order valence-corrected chi connectivity index (χ0v) is 12.3. The van der Waals surface area contributed by atoms with Crippen LogP contribution in [0.15, 0.2) is 41.0 Å². The number of aryl methyl sites for hydroxylation is 2. The van der Waals surface area contributed by atoms with Crippen molar-refractivity contribution in [2.75, 3.05) is 0 Å². The molecule has 6 nitrogen and oxygen atoms in total. The number of aromatic amines is 1. The molecule has 0 saturated carbocycles. The van der Waals surface area contributed by atoms with Crippen LogP contribution in [0.4, 0.5) is 0 Å². The fourth-order valence-electron chi connectivity index (χ4n) is 2.01. The zero-order chi connectivity index (χ0) is 15.5. The van der Waals surface area contributed by atoms with Crippen LogP contribution in [0.5, 0.6) is 0 Å². The van der Waals surface area contributed by atoms with E-state index in [1.165, 1.54) is 0 Å². The third kappa shape index (κ3) is 2.90. The summed E-state index contributed by atoms with van der Waals surface area (Å²) in [6.45, 7) is 3.86. The minimum Gasteiger partial charge on any atom is -0.469 e. The summed E-state index contributed by atoms with van der Waals surface area (Å²) in [6, 6.07) is 8.78. The fourth-order valence-corrected chi connectivity index (χ4v) is 2.01. The molecule has 0 unspecified atom stereocenters. The summed E-state index contributed by atoms with van der Waals surface area (Å²) in [5, 5.41) is 6.86. The smallest absolute Gasteiger partial charge is 0.338 e. The number of nitrogens with one attached hydrogen (secondary N) is 1. The summed E-state index contributed by atoms with van der Waals surface area (Å²) >= 11 is 0. The monoisotopic (exact) mass is 297 g/mol. The third-order valence-corrected chi connectivity index (χ3v) is 3.30. The first-order valence-corrected chi connectivity index (χ1v) is 6.83. The number of benzene rings is 1. The molecule has 1 N–H and O–H groups in total. The standard InChI is InChI=1S/C16H15N3O3/c1-10-14(7-8-21-10)9-22-16(20)13-5-3-12(4-6-13)15-17-11(2)18-19-15/h3-8H,9H2,1-2H3,(H,17,18,19). The van der Waals surface area contributed by atoms with E-state index >= 15 is 0 Å². The van der Waals surface area contributed by atoms with E-state index in [9.17, 15) is 4.79 Å². The van der Waals surface area contributed by atoms with Gasteiger partial charge < -0.3 is 9.15 Å². The largest absolute Gasteiger partial charge is 0.469 e. The molecule has 112 valence electrons. The maximum absolute atomic E-state index is 12.0. The molecule has 0 aliphatic rings. The second-order valence-electron chi connectivity index (χ2n) is 4.90. The molecule has 0 aliphatic carbocycles. The average molecular weight is 297 g/mol. The molecule has 1 aromatic carbocycles. The summed E-state index contributed by atoms with van der Waals surface area (Å²) in [4.78, 5) is 16.3. The van der Waals surface area contributed by atoms with Crippen molar-refractivity contribution in [3.05, 3.63) is 59.3 Å². The first kappa shape index (κ1) is 14.1. The van der Waals surface area contributed by atoms with Gasteiger partial charge in [-0.05, 0) is 32.0 Å². The van der Waals surface area contributed by atoms with E-state index < -0.39 is 0 Å². The average Bonchev–Trinajstić information content (AvgIpc) is 3.13. The summed E-state index contributed by atoms with van der Waals surface area (Å²) in [6.07, 6.45) is 1.58. The van der Waals surface area contributed by atoms with E-state index in [4.69, 9.17) is 9.15 Å². The normalized spacial score (nSPS) is 10.6. The van der Waals surface area contributed by atoms with Gasteiger partial charge in [-0.3, -0.25) is 5.10 Å². The van der Waals surface area contributed by atoms with Gasteiger partial charge in [0.2, 0.25) is 0 Å². The maximum atomic E-state index is 12.0. The van der Waals surface area contributed by atoms with Crippen LogP contribution in [-0.4, -0.2) is 21.2 Å². The topological polar surface area (TPSA) is 81.0 Å². The van der Waals surface area contributed by atoms with Crippen molar-refractivity contribution in [3.63, 3.8) is 0 Å². The van der Waals surface area contributed by atoms with Crippen LogP contribution in [0.2, 0.25) is 0 Å². The number of nitrogens with zero attached hydrogens (tertiary/aromatic N) is 2. The number of esters is 1. The lowest BCUT2D eigenvalue weighted by Crippen LogP contribution is -2.05. The Labute approximate surface area is 127 Å². The lowest BCUT2D eigenvalue weighted by atomic mass is 10.1. The quantitative estimate of drug-likeness (QED) is 0.748. The Hall–Kier alpha value is -2.89. The highest BCUT2D eigenvalue weighted by Gasteiger charge is 2.10. The predicted octanol–water partition coefficient (Wildman–Crippen LogP) is 3.04. The molecule has 22 heavy (non-hydrogen) atoms. The molecule has 3 rings (SSSR count). The molecule has 2 heterocycles. The molecule has 0 saturated heterocycles. The lowest BCUT2D eigenvalue weighted by Gasteiger charge is -2.04. The molecule has 6 heteroatoms. The van der Waals surface area contributed by atoms with Crippen LogP contribution < -0.4 is 0 Å². The van der Waals surface area contributed by atoms with Crippen LogP contribution in [0.25, 0.3) is 11.4 Å². The van der Waals surface area contributed by atoms with Crippen molar-refractivity contribution in [2.45, 2.75) is 20.5 Å². The van der Waals surface area contributed by atoms with Gasteiger partial charge in [0.1, 0.15) is 18.2 Å². The van der Waals surface area contributed by atoms with E-state index in [0.29, 0.717) is 11.4 Å². The highest BCUT2D eigenvalue weighted by Crippen LogP contribution is 2.17. The number of rotatable bonds is 4. The van der Waals surface area contributed by atoms with Crippen molar-refractivity contribution in [1.82, 2.24) is 15.2 Å². The van der Waals surface area contributed by atoms with Crippen LogP contribution >= 0.6 is 0 Å². The highest BCUT2D eigenvalue weighted by atomic mass is 16.5. The molecule has 0 amide bonds. The zero-order valence-electron chi connectivity index (χ0n) is 12.3. The maximum Gasteiger partial charge on any atom is 0.338 e. The Bertz CT molecular complexity index is 787. The van der Waals surface area contributed by atoms with Gasteiger partial charge in [0.25, 0.3) is 0 Å². The summed E-state index contributed by atoms with van der Waals surface area (Å²) in [7, 11) is 0. The van der Waals surface area contributed by atoms with Crippen LogP contribution in [0, 0.1) is 13.8 Å². The second-order valence-corrected chi connectivity index (χ2v) is 4.90. The van der Waals surface area contributed by atoms with Gasteiger partial charge in [0.15, 0.2) is 5.82 Å². The second kappa shape index (κ2) is 5.85. The Morgan fingerprint density at radius 1 is 1.23 bits per heavy atom. The summed E-state index contributed by atoms with van der Waals surface area (Å²) < 4.78 is 10.4.